The minimum absolute atomic E-state index is 0.0945. The summed E-state index contributed by atoms with van der Waals surface area (Å²) in [6.45, 7) is 0. The van der Waals surface area contributed by atoms with Crippen molar-refractivity contribution in [2.75, 3.05) is 14.2 Å². The van der Waals surface area contributed by atoms with E-state index >= 15 is 0 Å². The SMILES string of the molecule is COc1cccc2c1C(OC)(C(F)(F)F)CC2. The van der Waals surface area contributed by atoms with E-state index in [0.29, 0.717) is 12.0 Å². The third-order valence-electron chi connectivity index (χ3n) is 3.29. The Morgan fingerprint density at radius 3 is 2.47 bits per heavy atom. The summed E-state index contributed by atoms with van der Waals surface area (Å²) < 4.78 is 49.5. The summed E-state index contributed by atoms with van der Waals surface area (Å²) in [6, 6.07) is 4.91. The summed E-state index contributed by atoms with van der Waals surface area (Å²) in [7, 11) is 2.46. The standard InChI is InChI=1S/C12H13F3O2/c1-16-9-5-3-4-8-6-7-11(17-2,10(8)9)12(13,14)15/h3-5H,6-7H2,1-2H3. The van der Waals surface area contributed by atoms with Crippen LogP contribution in [0, 0.1) is 0 Å². The van der Waals surface area contributed by atoms with Crippen LogP contribution in [0.5, 0.6) is 5.75 Å². The molecule has 0 amide bonds. The average Bonchev–Trinajstić information content (AvgIpc) is 2.68. The summed E-state index contributed by atoms with van der Waals surface area (Å²) in [4.78, 5) is 0. The molecule has 1 unspecified atom stereocenters. The van der Waals surface area contributed by atoms with Crippen LogP contribution in [-0.2, 0) is 16.8 Å². The van der Waals surface area contributed by atoms with E-state index in [9.17, 15) is 13.2 Å². The van der Waals surface area contributed by atoms with E-state index in [1.165, 1.54) is 13.2 Å². The Kier molecular flexibility index (Phi) is 2.81. The van der Waals surface area contributed by atoms with Gasteiger partial charge in [0.2, 0.25) is 0 Å². The number of fused-ring (bicyclic) bond motifs is 1. The monoisotopic (exact) mass is 246 g/mol. The van der Waals surface area contributed by atoms with E-state index in [1.807, 2.05) is 0 Å². The van der Waals surface area contributed by atoms with Crippen LogP contribution in [0.15, 0.2) is 18.2 Å². The normalized spacial score (nSPS) is 23.6. The molecular formula is C12H13F3O2. The van der Waals surface area contributed by atoms with Crippen molar-refractivity contribution in [1.29, 1.82) is 0 Å². The first kappa shape index (κ1) is 12.2. The van der Waals surface area contributed by atoms with Crippen molar-refractivity contribution in [2.45, 2.75) is 24.6 Å². The number of halogens is 3. The Balaban J connectivity index is 2.65. The Morgan fingerprint density at radius 2 is 1.94 bits per heavy atom. The number of alkyl halides is 3. The molecule has 0 spiro atoms. The van der Waals surface area contributed by atoms with E-state index in [-0.39, 0.29) is 17.7 Å². The predicted molar refractivity (Wildman–Crippen MR) is 56.1 cm³/mol. The van der Waals surface area contributed by atoms with E-state index < -0.39 is 11.8 Å². The molecule has 0 bridgehead atoms. The highest BCUT2D eigenvalue weighted by molar-refractivity contribution is 5.49. The molecule has 1 aromatic rings. The van der Waals surface area contributed by atoms with Crippen LogP contribution >= 0.6 is 0 Å². The van der Waals surface area contributed by atoms with Crippen LogP contribution in [0.4, 0.5) is 13.2 Å². The van der Waals surface area contributed by atoms with Gasteiger partial charge in [-0.05, 0) is 24.5 Å². The Labute approximate surface area is 97.3 Å². The lowest BCUT2D eigenvalue weighted by Gasteiger charge is -2.32. The van der Waals surface area contributed by atoms with E-state index in [4.69, 9.17) is 9.47 Å². The molecule has 0 aromatic heterocycles. The second-order valence-corrected chi connectivity index (χ2v) is 4.02. The number of rotatable bonds is 2. The van der Waals surface area contributed by atoms with Crippen LogP contribution in [0.3, 0.4) is 0 Å². The van der Waals surface area contributed by atoms with Crippen molar-refractivity contribution < 1.29 is 22.6 Å². The van der Waals surface area contributed by atoms with Crippen molar-refractivity contribution in [3.8, 4) is 5.75 Å². The highest BCUT2D eigenvalue weighted by Gasteiger charge is 2.60. The fourth-order valence-corrected chi connectivity index (χ4v) is 2.45. The number of ether oxygens (including phenoxy) is 2. The molecule has 2 nitrogen and oxygen atoms in total. The number of hydrogen-bond acceptors (Lipinski definition) is 2. The van der Waals surface area contributed by atoms with E-state index in [1.54, 1.807) is 12.1 Å². The lowest BCUT2D eigenvalue weighted by atomic mass is 9.94. The predicted octanol–water partition coefficient (Wildman–Crippen LogP) is 3.05. The first-order valence-corrected chi connectivity index (χ1v) is 5.24. The fraction of sp³-hybridized carbons (Fsp3) is 0.500. The lowest BCUT2D eigenvalue weighted by molar-refractivity contribution is -0.276. The molecule has 0 aliphatic heterocycles. The number of benzene rings is 1. The quantitative estimate of drug-likeness (QED) is 0.798. The Hall–Kier alpha value is -1.23. The van der Waals surface area contributed by atoms with Gasteiger partial charge in [0.1, 0.15) is 5.75 Å². The second-order valence-electron chi connectivity index (χ2n) is 4.02. The van der Waals surface area contributed by atoms with Gasteiger partial charge in [-0.15, -0.1) is 0 Å². The molecule has 0 heterocycles. The molecule has 0 saturated heterocycles. The van der Waals surface area contributed by atoms with Crippen LogP contribution < -0.4 is 4.74 Å². The maximum absolute atomic E-state index is 13.2. The van der Waals surface area contributed by atoms with Gasteiger partial charge in [-0.3, -0.25) is 0 Å². The Morgan fingerprint density at radius 1 is 1.24 bits per heavy atom. The number of aryl methyl sites for hydroxylation is 1. The van der Waals surface area contributed by atoms with Gasteiger partial charge in [0.25, 0.3) is 0 Å². The molecule has 0 N–H and O–H groups in total. The first-order chi connectivity index (χ1) is 7.96. The number of hydrogen-bond donors (Lipinski definition) is 0. The maximum Gasteiger partial charge on any atom is 0.421 e. The Bertz CT molecular complexity index is 428. The van der Waals surface area contributed by atoms with E-state index in [2.05, 4.69) is 0 Å². The summed E-state index contributed by atoms with van der Waals surface area (Å²) in [6.07, 6.45) is -4.19. The molecule has 1 aliphatic carbocycles. The van der Waals surface area contributed by atoms with Crippen LogP contribution in [-0.4, -0.2) is 20.4 Å². The highest BCUT2D eigenvalue weighted by atomic mass is 19.4. The van der Waals surface area contributed by atoms with Gasteiger partial charge in [-0.25, -0.2) is 0 Å². The molecular weight excluding hydrogens is 233 g/mol. The maximum atomic E-state index is 13.2. The summed E-state index contributed by atoms with van der Waals surface area (Å²) in [5.74, 6) is 0.235. The zero-order valence-corrected chi connectivity index (χ0v) is 9.60. The van der Waals surface area contributed by atoms with Gasteiger partial charge in [0.15, 0.2) is 5.60 Å². The zero-order valence-electron chi connectivity index (χ0n) is 9.60. The molecule has 94 valence electrons. The highest BCUT2D eigenvalue weighted by Crippen LogP contribution is 2.53. The minimum atomic E-state index is -4.44. The fourth-order valence-electron chi connectivity index (χ4n) is 2.45. The lowest BCUT2D eigenvalue weighted by Crippen LogP contribution is -2.42. The second kappa shape index (κ2) is 3.91. The molecule has 1 aromatic carbocycles. The zero-order chi connectivity index (χ0) is 12.7. The van der Waals surface area contributed by atoms with Gasteiger partial charge in [-0.2, -0.15) is 13.2 Å². The van der Waals surface area contributed by atoms with Crippen molar-refractivity contribution in [1.82, 2.24) is 0 Å². The van der Waals surface area contributed by atoms with Gasteiger partial charge >= 0.3 is 6.18 Å². The molecule has 5 heteroatoms. The topological polar surface area (TPSA) is 18.5 Å². The first-order valence-electron chi connectivity index (χ1n) is 5.24. The molecule has 0 fully saturated rings. The minimum Gasteiger partial charge on any atom is -0.496 e. The molecule has 0 saturated carbocycles. The van der Waals surface area contributed by atoms with Gasteiger partial charge in [0, 0.05) is 12.7 Å². The largest absolute Gasteiger partial charge is 0.496 e. The molecule has 17 heavy (non-hydrogen) atoms. The molecule has 1 aliphatic rings. The van der Waals surface area contributed by atoms with Crippen LogP contribution in [0.1, 0.15) is 17.5 Å². The van der Waals surface area contributed by atoms with Gasteiger partial charge in [0.05, 0.1) is 7.11 Å². The average molecular weight is 246 g/mol. The van der Waals surface area contributed by atoms with Crippen LogP contribution in [0.2, 0.25) is 0 Å². The van der Waals surface area contributed by atoms with Crippen molar-refractivity contribution >= 4 is 0 Å². The van der Waals surface area contributed by atoms with Crippen LogP contribution in [0.25, 0.3) is 0 Å². The molecule has 2 rings (SSSR count). The summed E-state index contributed by atoms with van der Waals surface area (Å²) in [5, 5.41) is 0. The smallest absolute Gasteiger partial charge is 0.421 e. The summed E-state index contributed by atoms with van der Waals surface area (Å²) in [5.41, 5.74) is -1.46. The molecule has 0 radical (unpaired) electrons. The van der Waals surface area contributed by atoms with Crippen molar-refractivity contribution in [3.63, 3.8) is 0 Å². The third-order valence-corrected chi connectivity index (χ3v) is 3.29. The van der Waals surface area contributed by atoms with Gasteiger partial charge in [-0.1, -0.05) is 12.1 Å². The summed E-state index contributed by atoms with van der Waals surface area (Å²) >= 11 is 0. The van der Waals surface area contributed by atoms with Crippen molar-refractivity contribution in [3.05, 3.63) is 29.3 Å². The third kappa shape index (κ3) is 1.60. The molecule has 1 atom stereocenters. The van der Waals surface area contributed by atoms with Gasteiger partial charge < -0.3 is 9.47 Å². The van der Waals surface area contributed by atoms with E-state index in [0.717, 1.165) is 7.11 Å². The number of methoxy groups -OCH3 is 2. The van der Waals surface area contributed by atoms with Crippen molar-refractivity contribution in [2.24, 2.45) is 0 Å².